The second-order valence-corrected chi connectivity index (χ2v) is 8.40. The van der Waals surface area contributed by atoms with Crippen molar-refractivity contribution < 1.29 is 13.2 Å². The van der Waals surface area contributed by atoms with Gasteiger partial charge in [-0.3, -0.25) is 0 Å². The highest BCUT2D eigenvalue weighted by molar-refractivity contribution is 5.78. The molecule has 3 aliphatic rings. The molecule has 0 aromatic heterocycles. The number of benzene rings is 2. The Morgan fingerprint density at radius 3 is 2.79 bits per heavy atom. The summed E-state index contributed by atoms with van der Waals surface area (Å²) in [5, 5.41) is 6.32. The average Bonchev–Trinajstić information content (AvgIpc) is 2.88. The first-order chi connectivity index (χ1) is 14.0. The Bertz CT molecular complexity index is 938. The minimum absolute atomic E-state index is 0.276. The summed E-state index contributed by atoms with van der Waals surface area (Å²) in [6, 6.07) is 9.10. The fourth-order valence-electron chi connectivity index (χ4n) is 5.46. The van der Waals surface area contributed by atoms with Gasteiger partial charge >= 0.3 is 6.18 Å². The van der Waals surface area contributed by atoms with Crippen molar-refractivity contribution in [1.29, 1.82) is 0 Å². The van der Waals surface area contributed by atoms with E-state index in [1.807, 2.05) is 12.1 Å². The van der Waals surface area contributed by atoms with E-state index >= 15 is 0 Å². The minimum atomic E-state index is -4.39. The van der Waals surface area contributed by atoms with Crippen LogP contribution >= 0.6 is 0 Å². The zero-order chi connectivity index (χ0) is 20.2. The number of hydrogen-bond acceptors (Lipinski definition) is 3. The molecule has 0 bridgehead atoms. The molecule has 2 N–H and O–H groups in total. The van der Waals surface area contributed by atoms with Gasteiger partial charge in [0.25, 0.3) is 0 Å². The Hall–Kier alpha value is -2.21. The van der Waals surface area contributed by atoms with Gasteiger partial charge in [0.15, 0.2) is 0 Å². The predicted octanol–water partition coefficient (Wildman–Crippen LogP) is 5.02. The van der Waals surface area contributed by atoms with Gasteiger partial charge in [0.1, 0.15) is 0 Å². The molecule has 0 aliphatic carbocycles. The molecule has 3 heterocycles. The molecule has 1 fully saturated rings. The average molecular weight is 401 g/mol. The van der Waals surface area contributed by atoms with Crippen molar-refractivity contribution in [3.05, 3.63) is 47.0 Å². The van der Waals surface area contributed by atoms with Gasteiger partial charge < -0.3 is 15.5 Å². The number of fused-ring (bicyclic) bond motifs is 3. The number of halogens is 3. The van der Waals surface area contributed by atoms with Crippen LogP contribution in [0.3, 0.4) is 0 Å². The molecule has 6 heteroatoms. The number of nitrogens with zero attached hydrogens (tertiary/aromatic N) is 1. The van der Waals surface area contributed by atoms with Crippen LogP contribution in [-0.4, -0.2) is 32.7 Å². The zero-order valence-electron chi connectivity index (χ0n) is 16.6. The Kier molecular flexibility index (Phi) is 4.50. The molecule has 2 aromatic carbocycles. The number of rotatable bonds is 2. The third-order valence-corrected chi connectivity index (χ3v) is 6.77. The molecule has 3 aliphatic heterocycles. The Balaban J connectivity index is 1.69. The van der Waals surface area contributed by atoms with E-state index in [0.717, 1.165) is 45.3 Å². The third kappa shape index (κ3) is 3.08. The van der Waals surface area contributed by atoms with E-state index < -0.39 is 11.7 Å². The normalized spacial score (nSPS) is 23.4. The summed E-state index contributed by atoms with van der Waals surface area (Å²) >= 11 is 0. The molecular formula is C23H26F3N3. The van der Waals surface area contributed by atoms with Crippen LogP contribution in [-0.2, 0) is 12.6 Å². The monoisotopic (exact) mass is 401 g/mol. The molecule has 1 saturated heterocycles. The van der Waals surface area contributed by atoms with Crippen LogP contribution in [0.25, 0.3) is 11.1 Å². The molecule has 3 nitrogen and oxygen atoms in total. The Morgan fingerprint density at radius 2 is 2.00 bits per heavy atom. The van der Waals surface area contributed by atoms with Crippen LogP contribution in [0.5, 0.6) is 0 Å². The molecule has 29 heavy (non-hydrogen) atoms. The second kappa shape index (κ2) is 6.94. The minimum Gasteiger partial charge on any atom is -0.388 e. The number of hydrogen-bond donors (Lipinski definition) is 2. The van der Waals surface area contributed by atoms with E-state index in [9.17, 15) is 13.2 Å². The maximum absolute atomic E-state index is 13.9. The highest BCUT2D eigenvalue weighted by Crippen LogP contribution is 2.49. The first kappa shape index (κ1) is 18.8. The Morgan fingerprint density at radius 1 is 1.14 bits per heavy atom. The summed E-state index contributed by atoms with van der Waals surface area (Å²) in [5.41, 5.74) is 4.64. The molecule has 2 aromatic rings. The summed E-state index contributed by atoms with van der Waals surface area (Å²) in [6.45, 7) is 2.98. The van der Waals surface area contributed by atoms with Crippen molar-refractivity contribution in [2.24, 2.45) is 0 Å². The van der Waals surface area contributed by atoms with Crippen molar-refractivity contribution in [3.8, 4) is 11.1 Å². The number of alkyl halides is 3. The van der Waals surface area contributed by atoms with Crippen LogP contribution < -0.4 is 15.5 Å². The zero-order valence-corrected chi connectivity index (χ0v) is 16.6. The van der Waals surface area contributed by atoms with Gasteiger partial charge in [-0.2, -0.15) is 13.2 Å². The number of piperidine rings is 1. The first-order valence-electron chi connectivity index (χ1n) is 10.5. The first-order valence-corrected chi connectivity index (χ1v) is 10.5. The number of anilines is 2. The van der Waals surface area contributed by atoms with E-state index in [4.69, 9.17) is 0 Å². The van der Waals surface area contributed by atoms with Crippen LogP contribution in [0, 0.1) is 0 Å². The maximum atomic E-state index is 13.9. The van der Waals surface area contributed by atoms with Crippen LogP contribution in [0.15, 0.2) is 30.3 Å². The summed E-state index contributed by atoms with van der Waals surface area (Å²) in [4.78, 5) is 2.56. The summed E-state index contributed by atoms with van der Waals surface area (Å²) in [7, 11) is 1.64. The summed E-state index contributed by atoms with van der Waals surface area (Å²) < 4.78 is 41.6. The molecular weight excluding hydrogens is 375 g/mol. The van der Waals surface area contributed by atoms with Crippen molar-refractivity contribution in [2.75, 3.05) is 36.9 Å². The van der Waals surface area contributed by atoms with E-state index in [0.29, 0.717) is 23.2 Å². The van der Waals surface area contributed by atoms with E-state index in [-0.39, 0.29) is 5.56 Å². The van der Waals surface area contributed by atoms with Gasteiger partial charge in [0.05, 0.1) is 5.56 Å². The van der Waals surface area contributed by atoms with Crippen LogP contribution in [0.4, 0.5) is 24.5 Å². The Labute approximate surface area is 169 Å². The van der Waals surface area contributed by atoms with E-state index in [1.54, 1.807) is 19.2 Å². The van der Waals surface area contributed by atoms with Gasteiger partial charge in [0.2, 0.25) is 0 Å². The van der Waals surface area contributed by atoms with Crippen molar-refractivity contribution in [2.45, 2.75) is 43.8 Å². The quantitative estimate of drug-likeness (QED) is 0.740. The standard InChI is InChI=1S/C23H26F3N3/c1-27-16-5-6-17(20(12-16)23(24,25)26)15-10-14-4-2-3-9-29-21-7-8-28-13-19(21)18(11-15)22(14)29/h5-6,10-12,19,21,27-28H,2-4,7-9,13H2,1H3/t19-,21-/m0/s1. The second-order valence-electron chi connectivity index (χ2n) is 8.40. The van der Waals surface area contributed by atoms with Gasteiger partial charge in [0, 0.05) is 43.5 Å². The highest BCUT2D eigenvalue weighted by atomic mass is 19.4. The van der Waals surface area contributed by atoms with Crippen molar-refractivity contribution >= 4 is 11.4 Å². The molecule has 0 spiro atoms. The smallest absolute Gasteiger partial charge is 0.388 e. The van der Waals surface area contributed by atoms with E-state index in [2.05, 4.69) is 15.5 Å². The van der Waals surface area contributed by atoms with Gasteiger partial charge in [-0.1, -0.05) is 6.07 Å². The maximum Gasteiger partial charge on any atom is 0.417 e. The lowest BCUT2D eigenvalue weighted by Gasteiger charge is -2.33. The van der Waals surface area contributed by atoms with Crippen LogP contribution in [0.1, 0.15) is 41.9 Å². The number of nitrogens with one attached hydrogen (secondary N) is 2. The lowest BCUT2D eigenvalue weighted by atomic mass is 9.86. The lowest BCUT2D eigenvalue weighted by Crippen LogP contribution is -2.44. The topological polar surface area (TPSA) is 27.3 Å². The molecule has 0 radical (unpaired) electrons. The van der Waals surface area contributed by atoms with Crippen molar-refractivity contribution in [1.82, 2.24) is 5.32 Å². The fraction of sp³-hybridized carbons (Fsp3) is 0.478. The van der Waals surface area contributed by atoms with Gasteiger partial charge in [-0.15, -0.1) is 0 Å². The SMILES string of the molecule is CNc1ccc(-c2cc3c4c(c2)[C@@H]2CNCC[C@@H]2N4CCCC3)c(C(F)(F)F)c1. The predicted molar refractivity (Wildman–Crippen MR) is 111 cm³/mol. The largest absolute Gasteiger partial charge is 0.417 e. The van der Waals surface area contributed by atoms with Gasteiger partial charge in [-0.05, 0) is 78.7 Å². The molecule has 0 unspecified atom stereocenters. The fourth-order valence-corrected chi connectivity index (χ4v) is 5.46. The van der Waals surface area contributed by atoms with Crippen molar-refractivity contribution in [3.63, 3.8) is 0 Å². The molecule has 0 amide bonds. The molecule has 2 atom stereocenters. The highest BCUT2D eigenvalue weighted by Gasteiger charge is 2.42. The van der Waals surface area contributed by atoms with E-state index in [1.165, 1.54) is 22.9 Å². The van der Waals surface area contributed by atoms with Crippen LogP contribution in [0.2, 0.25) is 0 Å². The lowest BCUT2D eigenvalue weighted by molar-refractivity contribution is -0.137. The number of aryl methyl sites for hydroxylation is 1. The third-order valence-electron chi connectivity index (χ3n) is 6.77. The summed E-state index contributed by atoms with van der Waals surface area (Å²) in [5.74, 6) is 0.362. The molecule has 5 rings (SSSR count). The molecule has 0 saturated carbocycles. The summed E-state index contributed by atoms with van der Waals surface area (Å²) in [6.07, 6.45) is -0.123. The van der Waals surface area contributed by atoms with Gasteiger partial charge in [-0.25, -0.2) is 0 Å². The molecule has 154 valence electrons.